The zero-order valence-electron chi connectivity index (χ0n) is 12.2. The Morgan fingerprint density at radius 1 is 1.00 bits per heavy atom. The van der Waals surface area contributed by atoms with Gasteiger partial charge in [-0.05, 0) is 35.3 Å². The van der Waals surface area contributed by atoms with Crippen molar-refractivity contribution in [1.29, 1.82) is 5.26 Å². The lowest BCUT2D eigenvalue weighted by Crippen LogP contribution is -2.00. The number of aliphatic carboxylic acids is 1. The third-order valence-corrected chi connectivity index (χ3v) is 3.25. The molecular formula is C19H15NO2. The second-order valence-electron chi connectivity index (χ2n) is 4.77. The van der Waals surface area contributed by atoms with E-state index in [0.29, 0.717) is 5.57 Å². The third-order valence-electron chi connectivity index (χ3n) is 3.25. The van der Waals surface area contributed by atoms with Gasteiger partial charge in [0.2, 0.25) is 0 Å². The number of hydrogen-bond acceptors (Lipinski definition) is 2. The maximum absolute atomic E-state index is 11.1. The highest BCUT2D eigenvalue weighted by atomic mass is 16.4. The second-order valence-corrected chi connectivity index (χ2v) is 4.77. The summed E-state index contributed by atoms with van der Waals surface area (Å²) in [4.78, 5) is 11.1. The van der Waals surface area contributed by atoms with Crippen molar-refractivity contribution < 1.29 is 9.90 Å². The summed E-state index contributed by atoms with van der Waals surface area (Å²) in [6.45, 7) is 1.64. The average Bonchev–Trinajstić information content (AvgIpc) is 2.54. The Bertz CT molecular complexity index is 725. The van der Waals surface area contributed by atoms with Crippen LogP contribution in [0.1, 0.15) is 18.1 Å². The minimum absolute atomic E-state index is 0.246. The number of allylic oxidation sites excluding steroid dienone is 2. The highest BCUT2D eigenvalue weighted by molar-refractivity contribution is 5.93. The molecule has 2 rings (SSSR count). The van der Waals surface area contributed by atoms with E-state index >= 15 is 0 Å². The molecule has 3 nitrogen and oxygen atoms in total. The molecule has 0 spiro atoms. The van der Waals surface area contributed by atoms with Gasteiger partial charge in [-0.1, -0.05) is 60.7 Å². The van der Waals surface area contributed by atoms with Gasteiger partial charge in [-0.3, -0.25) is 0 Å². The molecule has 0 aliphatic carbocycles. The van der Waals surface area contributed by atoms with Crippen LogP contribution in [0.4, 0.5) is 0 Å². The first-order valence-electron chi connectivity index (χ1n) is 6.80. The van der Waals surface area contributed by atoms with Gasteiger partial charge in [0.15, 0.2) is 0 Å². The van der Waals surface area contributed by atoms with Crippen molar-refractivity contribution in [2.24, 2.45) is 0 Å². The number of carboxylic acid groups (broad SMARTS) is 1. The molecular weight excluding hydrogens is 274 g/mol. The number of rotatable bonds is 4. The fourth-order valence-electron chi connectivity index (χ4n) is 2.16. The molecule has 0 unspecified atom stereocenters. The van der Waals surface area contributed by atoms with Gasteiger partial charge >= 0.3 is 5.97 Å². The van der Waals surface area contributed by atoms with Gasteiger partial charge < -0.3 is 5.11 Å². The fraction of sp³-hybridized carbons (Fsp3) is 0.0526. The number of carboxylic acids is 1. The Morgan fingerprint density at radius 2 is 1.45 bits per heavy atom. The number of carbonyl (C=O) groups is 1. The highest BCUT2D eigenvalue weighted by Crippen LogP contribution is 2.25. The molecule has 0 bridgehead atoms. The lowest BCUT2D eigenvalue weighted by Gasteiger charge is -2.09. The highest BCUT2D eigenvalue weighted by Gasteiger charge is 2.11. The van der Waals surface area contributed by atoms with E-state index in [-0.39, 0.29) is 5.57 Å². The van der Waals surface area contributed by atoms with Gasteiger partial charge in [-0.25, -0.2) is 4.79 Å². The predicted molar refractivity (Wildman–Crippen MR) is 85.9 cm³/mol. The van der Waals surface area contributed by atoms with E-state index in [1.54, 1.807) is 19.1 Å². The molecule has 0 saturated heterocycles. The first-order valence-corrected chi connectivity index (χ1v) is 6.80. The molecule has 22 heavy (non-hydrogen) atoms. The van der Waals surface area contributed by atoms with Gasteiger partial charge in [0.25, 0.3) is 0 Å². The van der Waals surface area contributed by atoms with Crippen LogP contribution in [0.2, 0.25) is 0 Å². The standard InChI is InChI=1S/C19H15NO2/c1-14(18(13-20)19(21)22)12-17(15-8-4-2-5-9-15)16-10-6-3-7-11-16/h2-12H,1H3,(H,21,22). The van der Waals surface area contributed by atoms with Crippen LogP contribution in [0.5, 0.6) is 0 Å². The molecule has 1 N–H and O–H groups in total. The maximum atomic E-state index is 11.1. The lowest BCUT2D eigenvalue weighted by atomic mass is 9.95. The molecule has 0 aliphatic rings. The predicted octanol–water partition coefficient (Wildman–Crippen LogP) is 4.04. The fourth-order valence-corrected chi connectivity index (χ4v) is 2.16. The zero-order chi connectivity index (χ0) is 15.9. The van der Waals surface area contributed by atoms with Gasteiger partial charge in [0.1, 0.15) is 11.6 Å². The summed E-state index contributed by atoms with van der Waals surface area (Å²) in [5, 5.41) is 18.1. The van der Waals surface area contributed by atoms with Crippen molar-refractivity contribution in [3.05, 3.63) is 89.0 Å². The van der Waals surface area contributed by atoms with Gasteiger partial charge in [0.05, 0.1) is 0 Å². The summed E-state index contributed by atoms with van der Waals surface area (Å²) < 4.78 is 0. The Hall–Kier alpha value is -3.12. The number of nitriles is 1. The number of nitrogens with zero attached hydrogens (tertiary/aromatic N) is 1. The minimum atomic E-state index is -1.21. The average molecular weight is 289 g/mol. The third kappa shape index (κ3) is 3.50. The van der Waals surface area contributed by atoms with Gasteiger partial charge in [-0.2, -0.15) is 5.26 Å². The molecule has 108 valence electrons. The normalized spacial score (nSPS) is 11.1. The quantitative estimate of drug-likeness (QED) is 0.525. The molecule has 0 heterocycles. The summed E-state index contributed by atoms with van der Waals surface area (Å²) >= 11 is 0. The molecule has 2 aromatic rings. The van der Waals surface area contributed by atoms with Crippen LogP contribution in [-0.4, -0.2) is 11.1 Å². The van der Waals surface area contributed by atoms with E-state index in [0.717, 1.165) is 16.7 Å². The van der Waals surface area contributed by atoms with Crippen molar-refractivity contribution in [3.63, 3.8) is 0 Å². The summed E-state index contributed by atoms with van der Waals surface area (Å²) in [6.07, 6.45) is 1.75. The van der Waals surface area contributed by atoms with E-state index in [4.69, 9.17) is 10.4 Å². The van der Waals surface area contributed by atoms with E-state index < -0.39 is 5.97 Å². The first kappa shape index (κ1) is 15.3. The van der Waals surface area contributed by atoms with Crippen LogP contribution in [0.25, 0.3) is 5.57 Å². The topological polar surface area (TPSA) is 61.1 Å². The van der Waals surface area contributed by atoms with E-state index in [1.165, 1.54) is 0 Å². The monoisotopic (exact) mass is 289 g/mol. The van der Waals surface area contributed by atoms with Crippen molar-refractivity contribution in [2.75, 3.05) is 0 Å². The molecule has 0 aromatic heterocycles. The van der Waals surface area contributed by atoms with Crippen LogP contribution in [0.3, 0.4) is 0 Å². The number of benzene rings is 2. The molecule has 2 aromatic carbocycles. The van der Waals surface area contributed by atoms with Crippen LogP contribution in [0.15, 0.2) is 77.9 Å². The SMILES string of the molecule is CC(C=C(c1ccccc1)c1ccccc1)=C(C#N)C(=O)O. The summed E-state index contributed by atoms with van der Waals surface area (Å²) in [7, 11) is 0. The molecule has 0 saturated carbocycles. The molecule has 0 amide bonds. The Morgan fingerprint density at radius 3 is 1.82 bits per heavy atom. The molecule has 0 atom stereocenters. The minimum Gasteiger partial charge on any atom is -0.477 e. The molecule has 0 aliphatic heterocycles. The number of hydrogen-bond donors (Lipinski definition) is 1. The van der Waals surface area contributed by atoms with E-state index in [1.807, 2.05) is 60.7 Å². The summed E-state index contributed by atoms with van der Waals surface area (Å²) in [5.41, 5.74) is 3.00. The Labute approximate surface area is 129 Å². The first-order chi connectivity index (χ1) is 10.6. The molecule has 0 radical (unpaired) electrons. The van der Waals surface area contributed by atoms with Gasteiger partial charge in [0, 0.05) is 0 Å². The smallest absolute Gasteiger partial charge is 0.346 e. The summed E-state index contributed by atoms with van der Waals surface area (Å²) in [5.74, 6) is -1.21. The van der Waals surface area contributed by atoms with Crippen LogP contribution < -0.4 is 0 Å². The van der Waals surface area contributed by atoms with Crippen LogP contribution in [-0.2, 0) is 4.79 Å². The van der Waals surface area contributed by atoms with E-state index in [9.17, 15) is 4.79 Å². The van der Waals surface area contributed by atoms with E-state index in [2.05, 4.69) is 0 Å². The van der Waals surface area contributed by atoms with Gasteiger partial charge in [-0.15, -0.1) is 0 Å². The van der Waals surface area contributed by atoms with Crippen molar-refractivity contribution in [1.82, 2.24) is 0 Å². The van der Waals surface area contributed by atoms with Crippen molar-refractivity contribution in [3.8, 4) is 6.07 Å². The Kier molecular flexibility index (Phi) is 4.89. The van der Waals surface area contributed by atoms with Crippen molar-refractivity contribution >= 4 is 11.5 Å². The van der Waals surface area contributed by atoms with Crippen LogP contribution >= 0.6 is 0 Å². The largest absolute Gasteiger partial charge is 0.477 e. The lowest BCUT2D eigenvalue weighted by molar-refractivity contribution is -0.132. The van der Waals surface area contributed by atoms with Crippen LogP contribution in [0, 0.1) is 11.3 Å². The molecule has 3 heteroatoms. The Balaban J connectivity index is 2.63. The summed E-state index contributed by atoms with van der Waals surface area (Å²) in [6, 6.07) is 21.1. The maximum Gasteiger partial charge on any atom is 0.346 e. The second kappa shape index (κ2) is 7.05. The molecule has 0 fully saturated rings. The zero-order valence-corrected chi connectivity index (χ0v) is 12.2. The van der Waals surface area contributed by atoms with Crippen molar-refractivity contribution in [2.45, 2.75) is 6.92 Å².